The Balaban J connectivity index is 2.18. The largest absolute Gasteiger partial charge is 0.299 e. The van der Waals surface area contributed by atoms with E-state index in [4.69, 9.17) is 0 Å². The van der Waals surface area contributed by atoms with Crippen molar-refractivity contribution in [2.75, 3.05) is 21.6 Å². The molecule has 0 fully saturated rings. The first kappa shape index (κ1) is 21.4. The monoisotopic (exact) mass is 426 g/mol. The molecule has 0 aliphatic heterocycles. The Morgan fingerprint density at radius 3 is 2.59 bits per heavy atom. The first-order valence-corrected chi connectivity index (χ1v) is 11.9. The molecule has 2 rings (SSSR count). The highest BCUT2D eigenvalue weighted by molar-refractivity contribution is 8.01. The van der Waals surface area contributed by atoms with E-state index in [1.165, 1.54) is 23.1 Å². The van der Waals surface area contributed by atoms with Gasteiger partial charge >= 0.3 is 0 Å². The maximum atomic E-state index is 12.6. The van der Waals surface area contributed by atoms with Gasteiger partial charge in [-0.1, -0.05) is 48.2 Å². The number of anilines is 2. The van der Waals surface area contributed by atoms with Crippen LogP contribution in [-0.2, 0) is 21.2 Å². The average Bonchev–Trinajstić information content (AvgIpc) is 3.06. The molecule has 1 N–H and O–H groups in total. The molecule has 0 spiro atoms. The van der Waals surface area contributed by atoms with Crippen LogP contribution < -0.4 is 9.62 Å². The molecule has 7 nitrogen and oxygen atoms in total. The molecule has 1 heterocycles. The molecule has 1 aromatic carbocycles. The second-order valence-electron chi connectivity index (χ2n) is 5.72. The van der Waals surface area contributed by atoms with Gasteiger partial charge in [0, 0.05) is 5.75 Å². The zero-order valence-corrected chi connectivity index (χ0v) is 17.8. The predicted octanol–water partition coefficient (Wildman–Crippen LogP) is 3.17. The third kappa shape index (κ3) is 5.78. The summed E-state index contributed by atoms with van der Waals surface area (Å²) in [6.07, 6.45) is 3.68. The van der Waals surface area contributed by atoms with Crippen molar-refractivity contribution in [3.8, 4) is 0 Å². The standard InChI is InChI=1S/C17H22N4O3S3/c1-5-11-25-17-20-19-16(26-17)18-15(22)12(3)21(27(4,23)24)14-9-7-13(6-2)8-10-14/h5,7-10,12H,1,6,11H2,2-4H3,(H,18,19,22). The van der Waals surface area contributed by atoms with E-state index in [1.807, 2.05) is 19.1 Å². The van der Waals surface area contributed by atoms with Crippen LogP contribution in [0.15, 0.2) is 41.3 Å². The third-order valence-electron chi connectivity index (χ3n) is 3.65. The molecule has 27 heavy (non-hydrogen) atoms. The summed E-state index contributed by atoms with van der Waals surface area (Å²) in [5, 5.41) is 10.9. The summed E-state index contributed by atoms with van der Waals surface area (Å²) in [5.41, 5.74) is 1.53. The van der Waals surface area contributed by atoms with Gasteiger partial charge in [0.2, 0.25) is 21.1 Å². The minimum Gasteiger partial charge on any atom is -0.299 e. The maximum absolute atomic E-state index is 12.6. The molecule has 0 aliphatic rings. The molecule has 1 aromatic heterocycles. The van der Waals surface area contributed by atoms with Gasteiger partial charge in [-0.15, -0.1) is 16.8 Å². The Morgan fingerprint density at radius 2 is 2.04 bits per heavy atom. The van der Waals surface area contributed by atoms with Crippen LogP contribution >= 0.6 is 23.1 Å². The smallest absolute Gasteiger partial charge is 0.249 e. The lowest BCUT2D eigenvalue weighted by Crippen LogP contribution is -2.45. The predicted molar refractivity (Wildman–Crippen MR) is 112 cm³/mol. The lowest BCUT2D eigenvalue weighted by molar-refractivity contribution is -0.116. The maximum Gasteiger partial charge on any atom is 0.249 e. The zero-order chi connectivity index (χ0) is 20.0. The van der Waals surface area contributed by atoms with Crippen molar-refractivity contribution in [1.29, 1.82) is 0 Å². The Kier molecular flexibility index (Phi) is 7.40. The van der Waals surface area contributed by atoms with Crippen molar-refractivity contribution in [3.05, 3.63) is 42.5 Å². The Morgan fingerprint density at radius 1 is 1.37 bits per heavy atom. The van der Waals surface area contributed by atoms with Crippen LogP contribution in [0.4, 0.5) is 10.8 Å². The number of amides is 1. The molecule has 1 amide bonds. The van der Waals surface area contributed by atoms with Gasteiger partial charge in [0.25, 0.3) is 0 Å². The van der Waals surface area contributed by atoms with Crippen LogP contribution in [0.5, 0.6) is 0 Å². The number of benzene rings is 1. The number of carbonyl (C=O) groups is 1. The molecule has 10 heteroatoms. The summed E-state index contributed by atoms with van der Waals surface area (Å²) in [6.45, 7) is 7.20. The van der Waals surface area contributed by atoms with Crippen LogP contribution in [0.25, 0.3) is 0 Å². The van der Waals surface area contributed by atoms with Crippen LogP contribution in [0.1, 0.15) is 19.4 Å². The SMILES string of the molecule is C=CCSc1nnc(NC(=O)C(C)N(c2ccc(CC)cc2)S(C)(=O)=O)s1. The fourth-order valence-electron chi connectivity index (χ4n) is 2.35. The number of aryl methyl sites for hydroxylation is 1. The highest BCUT2D eigenvalue weighted by Gasteiger charge is 2.29. The summed E-state index contributed by atoms with van der Waals surface area (Å²) in [7, 11) is -3.66. The number of hydrogen-bond acceptors (Lipinski definition) is 7. The van der Waals surface area contributed by atoms with E-state index in [9.17, 15) is 13.2 Å². The number of nitrogens with zero attached hydrogens (tertiary/aromatic N) is 3. The van der Waals surface area contributed by atoms with E-state index in [1.54, 1.807) is 25.1 Å². The van der Waals surface area contributed by atoms with Gasteiger partial charge in [-0.05, 0) is 31.0 Å². The van der Waals surface area contributed by atoms with E-state index in [2.05, 4.69) is 22.1 Å². The van der Waals surface area contributed by atoms with E-state index < -0.39 is 22.0 Å². The minimum absolute atomic E-state index is 0.327. The van der Waals surface area contributed by atoms with Crippen molar-refractivity contribution < 1.29 is 13.2 Å². The molecule has 1 unspecified atom stereocenters. The topological polar surface area (TPSA) is 92.3 Å². The minimum atomic E-state index is -3.66. The van der Waals surface area contributed by atoms with E-state index in [-0.39, 0.29) is 0 Å². The first-order chi connectivity index (χ1) is 12.8. The van der Waals surface area contributed by atoms with Crippen LogP contribution in [-0.4, -0.2) is 42.6 Å². The first-order valence-electron chi connectivity index (χ1n) is 8.22. The Hall–Kier alpha value is -1.91. The molecule has 0 saturated carbocycles. The normalized spacial score (nSPS) is 12.4. The van der Waals surface area contributed by atoms with Crippen LogP contribution in [0.2, 0.25) is 0 Å². The second-order valence-corrected chi connectivity index (χ2v) is 9.82. The average molecular weight is 427 g/mol. The van der Waals surface area contributed by atoms with Gasteiger partial charge in [-0.2, -0.15) is 0 Å². The van der Waals surface area contributed by atoms with Gasteiger partial charge in [0.1, 0.15) is 6.04 Å². The molecular weight excluding hydrogens is 404 g/mol. The number of nitrogens with one attached hydrogen (secondary N) is 1. The van der Waals surface area contributed by atoms with Crippen molar-refractivity contribution in [3.63, 3.8) is 0 Å². The van der Waals surface area contributed by atoms with Crippen molar-refractivity contribution in [2.45, 2.75) is 30.6 Å². The Bertz CT molecular complexity index is 894. The van der Waals surface area contributed by atoms with E-state index >= 15 is 0 Å². The number of thioether (sulfide) groups is 1. The molecular formula is C17H22N4O3S3. The van der Waals surface area contributed by atoms with Crippen LogP contribution in [0, 0.1) is 0 Å². The second kappa shape index (κ2) is 9.34. The van der Waals surface area contributed by atoms with Gasteiger partial charge in [-0.3, -0.25) is 14.4 Å². The van der Waals surface area contributed by atoms with Crippen molar-refractivity contribution >= 4 is 49.8 Å². The summed E-state index contributed by atoms with van der Waals surface area (Å²) in [6, 6.07) is 6.18. The van der Waals surface area contributed by atoms with Crippen molar-refractivity contribution in [1.82, 2.24) is 10.2 Å². The molecule has 0 saturated heterocycles. The molecule has 146 valence electrons. The quantitative estimate of drug-likeness (QED) is 0.376. The number of rotatable bonds is 9. The summed E-state index contributed by atoms with van der Waals surface area (Å²) in [4.78, 5) is 12.6. The number of sulfonamides is 1. The van der Waals surface area contributed by atoms with Gasteiger partial charge < -0.3 is 0 Å². The van der Waals surface area contributed by atoms with E-state index in [0.717, 1.165) is 22.5 Å². The lowest BCUT2D eigenvalue weighted by atomic mass is 10.1. The van der Waals surface area contributed by atoms with E-state index in [0.29, 0.717) is 20.9 Å². The summed E-state index contributed by atoms with van der Waals surface area (Å²) >= 11 is 2.69. The highest BCUT2D eigenvalue weighted by atomic mass is 32.2. The summed E-state index contributed by atoms with van der Waals surface area (Å²) in [5.74, 6) is 0.214. The summed E-state index contributed by atoms with van der Waals surface area (Å²) < 4.78 is 26.4. The number of carbonyl (C=O) groups excluding carboxylic acids is 1. The molecule has 0 radical (unpaired) electrons. The Labute approximate surface area is 167 Å². The molecule has 2 aromatic rings. The van der Waals surface area contributed by atoms with Crippen LogP contribution in [0.3, 0.4) is 0 Å². The highest BCUT2D eigenvalue weighted by Crippen LogP contribution is 2.26. The third-order valence-corrected chi connectivity index (χ3v) is 6.86. The lowest BCUT2D eigenvalue weighted by Gasteiger charge is -2.28. The molecule has 0 bridgehead atoms. The fourth-order valence-corrected chi connectivity index (χ4v) is 5.04. The fraction of sp³-hybridized carbons (Fsp3) is 0.353. The van der Waals surface area contributed by atoms with Gasteiger partial charge in [-0.25, -0.2) is 8.42 Å². The molecule has 0 aliphatic carbocycles. The number of aromatic nitrogens is 2. The van der Waals surface area contributed by atoms with Gasteiger partial charge in [0.05, 0.1) is 11.9 Å². The molecule has 1 atom stereocenters. The number of hydrogen-bond donors (Lipinski definition) is 1. The van der Waals surface area contributed by atoms with Crippen molar-refractivity contribution in [2.24, 2.45) is 0 Å². The zero-order valence-electron chi connectivity index (χ0n) is 15.4. The van der Waals surface area contributed by atoms with Gasteiger partial charge in [0.15, 0.2) is 4.34 Å².